The molecule has 1 saturated heterocycles. The predicted molar refractivity (Wildman–Crippen MR) is 93.4 cm³/mol. The van der Waals surface area contributed by atoms with Crippen molar-refractivity contribution < 1.29 is 18.6 Å². The Morgan fingerprint density at radius 1 is 1.31 bits per heavy atom. The van der Waals surface area contributed by atoms with Crippen LogP contribution in [0, 0.1) is 11.3 Å². The van der Waals surface area contributed by atoms with Crippen LogP contribution >= 0.6 is 0 Å². The Kier molecular flexibility index (Phi) is 5.49. The van der Waals surface area contributed by atoms with Gasteiger partial charge in [-0.15, -0.1) is 0 Å². The minimum absolute atomic E-state index is 0.0402. The molecule has 1 fully saturated rings. The molecule has 138 valence electrons. The highest BCUT2D eigenvalue weighted by atomic mass is 19.3. The van der Waals surface area contributed by atoms with E-state index < -0.39 is 12.7 Å². The molecule has 0 unspecified atom stereocenters. The van der Waals surface area contributed by atoms with Crippen molar-refractivity contribution in [2.45, 2.75) is 19.6 Å². The fourth-order valence-electron chi connectivity index (χ4n) is 3.28. The summed E-state index contributed by atoms with van der Waals surface area (Å²) >= 11 is 0. The molecule has 0 bridgehead atoms. The number of halogens is 2. The van der Waals surface area contributed by atoms with Crippen LogP contribution in [0.1, 0.15) is 12.5 Å². The van der Waals surface area contributed by atoms with E-state index in [1.165, 1.54) is 18.3 Å². The number of aromatic nitrogens is 1. The lowest BCUT2D eigenvalue weighted by atomic mass is 10.1. The third-order valence-electron chi connectivity index (χ3n) is 4.37. The Balaban J connectivity index is 1.94. The first-order valence-electron chi connectivity index (χ1n) is 8.41. The molecule has 0 spiro atoms. The fourth-order valence-corrected chi connectivity index (χ4v) is 3.28. The van der Waals surface area contributed by atoms with E-state index in [0.717, 1.165) is 13.1 Å². The van der Waals surface area contributed by atoms with Crippen molar-refractivity contribution in [3.8, 4) is 11.8 Å². The Morgan fingerprint density at radius 3 is 2.65 bits per heavy atom. The molecule has 1 aliphatic rings. The monoisotopic (exact) mass is 362 g/mol. The van der Waals surface area contributed by atoms with Gasteiger partial charge >= 0.3 is 6.61 Å². The van der Waals surface area contributed by atoms with Gasteiger partial charge in [-0.25, -0.2) is 0 Å². The maximum absolute atomic E-state index is 12.5. The summed E-state index contributed by atoms with van der Waals surface area (Å²) in [6.07, 6.45) is 1.11. The lowest BCUT2D eigenvalue weighted by Crippen LogP contribution is -2.48. The SMILES string of the molecule is C[C@@H](O)CN1CCN(c2c(C#N)cnc3ccc(OC(F)F)cc23)CC1. The van der Waals surface area contributed by atoms with Gasteiger partial charge in [-0.3, -0.25) is 9.88 Å². The van der Waals surface area contributed by atoms with Crippen molar-refractivity contribution >= 4 is 16.6 Å². The third-order valence-corrected chi connectivity index (χ3v) is 4.37. The summed E-state index contributed by atoms with van der Waals surface area (Å²) in [5.41, 5.74) is 1.71. The number of pyridine rings is 1. The normalized spacial score (nSPS) is 16.7. The number of hydrogen-bond acceptors (Lipinski definition) is 6. The van der Waals surface area contributed by atoms with E-state index in [1.54, 1.807) is 13.0 Å². The highest BCUT2D eigenvalue weighted by Crippen LogP contribution is 2.33. The van der Waals surface area contributed by atoms with Crippen LogP contribution in [0.2, 0.25) is 0 Å². The molecule has 3 rings (SSSR count). The largest absolute Gasteiger partial charge is 0.435 e. The van der Waals surface area contributed by atoms with Crippen LogP contribution in [0.3, 0.4) is 0 Å². The maximum Gasteiger partial charge on any atom is 0.387 e. The number of nitriles is 1. The summed E-state index contributed by atoms with van der Waals surface area (Å²) in [7, 11) is 0. The number of anilines is 1. The Bertz CT molecular complexity index is 815. The topological polar surface area (TPSA) is 72.6 Å². The van der Waals surface area contributed by atoms with Crippen LogP contribution in [0.15, 0.2) is 24.4 Å². The quantitative estimate of drug-likeness (QED) is 0.879. The molecule has 0 aliphatic carbocycles. The highest BCUT2D eigenvalue weighted by molar-refractivity contribution is 5.95. The number of hydrogen-bond donors (Lipinski definition) is 1. The number of alkyl halides is 2. The van der Waals surface area contributed by atoms with Gasteiger partial charge in [-0.05, 0) is 25.1 Å². The zero-order chi connectivity index (χ0) is 18.7. The molecular formula is C18H20F2N4O2. The maximum atomic E-state index is 12.5. The van der Waals surface area contributed by atoms with Crippen LogP contribution in [0.4, 0.5) is 14.5 Å². The Hall–Kier alpha value is -2.50. The van der Waals surface area contributed by atoms with Gasteiger partial charge in [0.1, 0.15) is 11.8 Å². The second-order valence-electron chi connectivity index (χ2n) is 6.33. The van der Waals surface area contributed by atoms with Crippen molar-refractivity contribution in [2.75, 3.05) is 37.6 Å². The number of aliphatic hydroxyl groups is 1. The number of nitrogens with zero attached hydrogens (tertiary/aromatic N) is 4. The first kappa shape index (κ1) is 18.3. The molecule has 1 atom stereocenters. The summed E-state index contributed by atoms with van der Waals surface area (Å²) in [4.78, 5) is 8.46. The number of piperazine rings is 1. The van der Waals surface area contributed by atoms with Crippen LogP contribution in [-0.2, 0) is 0 Å². The minimum atomic E-state index is -2.91. The lowest BCUT2D eigenvalue weighted by Gasteiger charge is -2.37. The Labute approximate surface area is 150 Å². The Morgan fingerprint density at radius 2 is 2.04 bits per heavy atom. The molecular weight excluding hydrogens is 342 g/mol. The highest BCUT2D eigenvalue weighted by Gasteiger charge is 2.22. The summed E-state index contributed by atoms with van der Waals surface area (Å²) in [5, 5.41) is 19.6. The average Bonchev–Trinajstić information content (AvgIpc) is 2.60. The van der Waals surface area contributed by atoms with Crippen molar-refractivity contribution in [2.24, 2.45) is 0 Å². The number of fused-ring (bicyclic) bond motifs is 1. The first-order chi connectivity index (χ1) is 12.5. The van der Waals surface area contributed by atoms with E-state index in [-0.39, 0.29) is 5.75 Å². The molecule has 1 aromatic heterocycles. The van der Waals surface area contributed by atoms with Crippen molar-refractivity contribution in [1.29, 1.82) is 5.26 Å². The molecule has 2 heterocycles. The van der Waals surface area contributed by atoms with Gasteiger partial charge in [0.2, 0.25) is 0 Å². The van der Waals surface area contributed by atoms with E-state index in [2.05, 4.69) is 25.6 Å². The zero-order valence-electron chi connectivity index (χ0n) is 14.4. The molecule has 1 N–H and O–H groups in total. The van der Waals surface area contributed by atoms with Crippen LogP contribution < -0.4 is 9.64 Å². The fraction of sp³-hybridized carbons (Fsp3) is 0.444. The second-order valence-corrected chi connectivity index (χ2v) is 6.33. The summed E-state index contributed by atoms with van der Waals surface area (Å²) in [5.74, 6) is 0.0402. The third kappa shape index (κ3) is 4.00. The number of ether oxygens (including phenoxy) is 1. The van der Waals surface area contributed by atoms with E-state index in [4.69, 9.17) is 0 Å². The van der Waals surface area contributed by atoms with Crippen LogP contribution in [-0.4, -0.2) is 60.4 Å². The molecule has 1 aliphatic heterocycles. The van der Waals surface area contributed by atoms with E-state index >= 15 is 0 Å². The smallest absolute Gasteiger partial charge is 0.387 e. The van der Waals surface area contributed by atoms with Crippen molar-refractivity contribution in [3.05, 3.63) is 30.0 Å². The van der Waals surface area contributed by atoms with Crippen LogP contribution in [0.25, 0.3) is 10.9 Å². The van der Waals surface area contributed by atoms with E-state index in [1.807, 2.05) is 0 Å². The van der Waals surface area contributed by atoms with Crippen molar-refractivity contribution in [3.63, 3.8) is 0 Å². The molecule has 6 nitrogen and oxygen atoms in total. The van der Waals surface area contributed by atoms with E-state index in [9.17, 15) is 19.1 Å². The molecule has 26 heavy (non-hydrogen) atoms. The van der Waals surface area contributed by atoms with Crippen molar-refractivity contribution in [1.82, 2.24) is 9.88 Å². The molecule has 0 amide bonds. The second kappa shape index (κ2) is 7.81. The lowest BCUT2D eigenvalue weighted by molar-refractivity contribution is -0.0497. The van der Waals surface area contributed by atoms with Gasteiger partial charge in [0.15, 0.2) is 0 Å². The number of β-amino-alcohol motifs (C(OH)–C–C–N with tert-alkyl or cyclic N) is 1. The number of aliphatic hydroxyl groups excluding tert-OH is 1. The number of benzene rings is 1. The molecule has 0 radical (unpaired) electrons. The van der Waals surface area contributed by atoms with Gasteiger partial charge < -0.3 is 14.7 Å². The van der Waals surface area contributed by atoms with E-state index in [0.29, 0.717) is 41.8 Å². The summed E-state index contributed by atoms with van der Waals surface area (Å²) in [6, 6.07) is 6.70. The van der Waals surface area contributed by atoms with Gasteiger partial charge in [0, 0.05) is 44.3 Å². The van der Waals surface area contributed by atoms with Crippen LogP contribution in [0.5, 0.6) is 5.75 Å². The summed E-state index contributed by atoms with van der Waals surface area (Å²) < 4.78 is 29.6. The standard InChI is InChI=1S/C18H20F2N4O2/c1-12(25)11-23-4-6-24(7-5-23)17-13(9-21)10-22-16-3-2-14(8-15(16)17)26-18(19)20/h2-3,8,10,12,18,25H,4-7,11H2,1H3/t12-/m1/s1. The zero-order valence-corrected chi connectivity index (χ0v) is 14.4. The predicted octanol–water partition coefficient (Wildman–Crippen LogP) is 2.21. The first-order valence-corrected chi connectivity index (χ1v) is 8.41. The average molecular weight is 362 g/mol. The minimum Gasteiger partial charge on any atom is -0.435 e. The number of rotatable bonds is 5. The molecule has 2 aromatic rings. The van der Waals surface area contributed by atoms with Gasteiger partial charge in [-0.2, -0.15) is 14.0 Å². The molecule has 1 aromatic carbocycles. The van der Waals surface area contributed by atoms with Gasteiger partial charge in [0.25, 0.3) is 0 Å². The van der Waals surface area contributed by atoms with Gasteiger partial charge in [-0.1, -0.05) is 0 Å². The molecule has 8 heteroatoms. The summed E-state index contributed by atoms with van der Waals surface area (Å²) in [6.45, 7) is 2.26. The van der Waals surface area contributed by atoms with Gasteiger partial charge in [0.05, 0.1) is 22.9 Å². The molecule has 0 saturated carbocycles.